The minimum Gasteiger partial charge on any atom is -0.379 e. The summed E-state index contributed by atoms with van der Waals surface area (Å²) in [6.45, 7) is 3.95. The average molecular weight is 364 g/mol. The lowest BCUT2D eigenvalue weighted by molar-refractivity contribution is -0.130. The van der Waals surface area contributed by atoms with Crippen molar-refractivity contribution in [1.82, 2.24) is 10.2 Å². The number of morpholine rings is 1. The normalized spacial score (nSPS) is 20.4. The second kappa shape index (κ2) is 8.24. The molecule has 4 nitrogen and oxygen atoms in total. The van der Waals surface area contributed by atoms with Crippen LogP contribution in [0, 0.1) is 0 Å². The number of carbonyl (C=O) groups excluding carboxylic acids is 1. The van der Waals surface area contributed by atoms with Gasteiger partial charge in [-0.2, -0.15) is 0 Å². The monoisotopic (exact) mass is 364 g/mol. The number of hydrogen-bond acceptors (Lipinski definition) is 3. The molecule has 2 fully saturated rings. The smallest absolute Gasteiger partial charge is 0.230 e. The van der Waals surface area contributed by atoms with Crippen molar-refractivity contribution < 1.29 is 9.53 Å². The van der Waals surface area contributed by atoms with E-state index in [1.54, 1.807) is 0 Å². The molecule has 1 amide bonds. The van der Waals surface area contributed by atoms with Crippen LogP contribution in [0.15, 0.2) is 60.7 Å². The number of rotatable bonds is 6. The van der Waals surface area contributed by atoms with E-state index in [0.29, 0.717) is 6.54 Å². The molecule has 4 heteroatoms. The van der Waals surface area contributed by atoms with Crippen molar-refractivity contribution in [3.05, 3.63) is 71.8 Å². The van der Waals surface area contributed by atoms with Gasteiger partial charge in [0.05, 0.1) is 24.7 Å². The molecule has 1 N–H and O–H groups in total. The van der Waals surface area contributed by atoms with Gasteiger partial charge in [0.25, 0.3) is 0 Å². The Morgan fingerprint density at radius 3 is 2.22 bits per heavy atom. The van der Waals surface area contributed by atoms with Crippen LogP contribution in [0.1, 0.15) is 36.4 Å². The topological polar surface area (TPSA) is 41.6 Å². The first-order valence-electron chi connectivity index (χ1n) is 10.0. The number of carbonyl (C=O) groups is 1. The molecule has 1 aliphatic heterocycles. The van der Waals surface area contributed by atoms with Gasteiger partial charge in [-0.3, -0.25) is 9.69 Å². The highest BCUT2D eigenvalue weighted by Gasteiger charge is 2.45. The highest BCUT2D eigenvalue weighted by Crippen LogP contribution is 2.44. The Morgan fingerprint density at radius 1 is 1.00 bits per heavy atom. The lowest BCUT2D eigenvalue weighted by Crippen LogP contribution is -2.51. The Labute approximate surface area is 161 Å². The average Bonchev–Trinajstić information content (AvgIpc) is 2.70. The summed E-state index contributed by atoms with van der Waals surface area (Å²) in [5.74, 6) is 0.175. The Hall–Kier alpha value is -2.17. The van der Waals surface area contributed by atoms with Crippen LogP contribution in [0.25, 0.3) is 0 Å². The molecule has 2 aromatic carbocycles. The van der Waals surface area contributed by atoms with E-state index >= 15 is 0 Å². The highest BCUT2D eigenvalue weighted by atomic mass is 16.5. The first-order chi connectivity index (χ1) is 13.3. The number of amides is 1. The van der Waals surface area contributed by atoms with Gasteiger partial charge < -0.3 is 10.1 Å². The van der Waals surface area contributed by atoms with E-state index in [0.717, 1.165) is 51.1 Å². The van der Waals surface area contributed by atoms with E-state index in [1.165, 1.54) is 5.56 Å². The molecule has 27 heavy (non-hydrogen) atoms. The molecule has 1 saturated heterocycles. The summed E-state index contributed by atoms with van der Waals surface area (Å²) in [5.41, 5.74) is 2.06. The second-order valence-corrected chi connectivity index (χ2v) is 7.59. The van der Waals surface area contributed by atoms with Gasteiger partial charge in [0.1, 0.15) is 0 Å². The van der Waals surface area contributed by atoms with Gasteiger partial charge in [-0.1, -0.05) is 67.1 Å². The molecule has 1 aliphatic carbocycles. The van der Waals surface area contributed by atoms with Crippen molar-refractivity contribution in [2.75, 3.05) is 32.8 Å². The molecule has 4 rings (SSSR count). The van der Waals surface area contributed by atoms with Crippen LogP contribution in [0.2, 0.25) is 0 Å². The number of benzene rings is 2. The quantitative estimate of drug-likeness (QED) is 0.855. The Morgan fingerprint density at radius 2 is 1.63 bits per heavy atom. The second-order valence-electron chi connectivity index (χ2n) is 7.59. The first-order valence-corrected chi connectivity index (χ1v) is 10.0. The molecular formula is C23H28N2O2. The van der Waals surface area contributed by atoms with Gasteiger partial charge in [0, 0.05) is 19.6 Å². The largest absolute Gasteiger partial charge is 0.379 e. The van der Waals surface area contributed by atoms with Gasteiger partial charge >= 0.3 is 0 Å². The molecule has 1 atom stereocenters. The summed E-state index contributed by atoms with van der Waals surface area (Å²) in [6, 6.07) is 20.9. The van der Waals surface area contributed by atoms with Crippen LogP contribution < -0.4 is 5.32 Å². The third-order valence-corrected chi connectivity index (χ3v) is 6.09. The van der Waals surface area contributed by atoms with Crippen molar-refractivity contribution in [3.63, 3.8) is 0 Å². The van der Waals surface area contributed by atoms with Crippen LogP contribution in [-0.2, 0) is 14.9 Å². The third kappa shape index (κ3) is 3.78. The van der Waals surface area contributed by atoms with Crippen LogP contribution in [0.5, 0.6) is 0 Å². The predicted molar refractivity (Wildman–Crippen MR) is 107 cm³/mol. The number of nitrogens with one attached hydrogen (secondary N) is 1. The van der Waals surface area contributed by atoms with Crippen LogP contribution >= 0.6 is 0 Å². The number of ether oxygens (including phenoxy) is 1. The summed E-state index contributed by atoms with van der Waals surface area (Å²) >= 11 is 0. The van der Waals surface area contributed by atoms with E-state index in [-0.39, 0.29) is 17.4 Å². The minimum absolute atomic E-state index is 0.175. The fourth-order valence-electron chi connectivity index (χ4n) is 4.32. The van der Waals surface area contributed by atoms with Gasteiger partial charge in [-0.05, 0) is 24.0 Å². The molecule has 0 aromatic heterocycles. The lowest BCUT2D eigenvalue weighted by atomic mass is 9.64. The van der Waals surface area contributed by atoms with Gasteiger partial charge in [0.2, 0.25) is 5.91 Å². The molecule has 2 aliphatic rings. The molecule has 0 radical (unpaired) electrons. The van der Waals surface area contributed by atoms with E-state index in [4.69, 9.17) is 4.74 Å². The Balaban J connectivity index is 1.49. The van der Waals surface area contributed by atoms with Gasteiger partial charge in [0.15, 0.2) is 0 Å². The van der Waals surface area contributed by atoms with Crippen LogP contribution in [-0.4, -0.2) is 43.7 Å². The fraction of sp³-hybridized carbons (Fsp3) is 0.435. The standard InChI is InChI=1S/C23H28N2O2/c26-22(23(12-7-13-23)20-10-5-2-6-11-20)24-18-21(19-8-3-1-4-9-19)25-14-16-27-17-15-25/h1-6,8-11,21H,7,12-18H2,(H,24,26). The van der Waals surface area contributed by atoms with E-state index in [2.05, 4.69) is 46.6 Å². The molecule has 142 valence electrons. The SMILES string of the molecule is O=C(NCC(c1ccccc1)N1CCOCC1)C1(c2ccccc2)CCC1. The van der Waals surface area contributed by atoms with E-state index in [9.17, 15) is 4.79 Å². The summed E-state index contributed by atoms with van der Waals surface area (Å²) in [6.07, 6.45) is 3.00. The van der Waals surface area contributed by atoms with Crippen LogP contribution in [0.4, 0.5) is 0 Å². The minimum atomic E-state index is -0.340. The molecule has 1 heterocycles. The summed E-state index contributed by atoms with van der Waals surface area (Å²) in [7, 11) is 0. The molecule has 1 unspecified atom stereocenters. The third-order valence-electron chi connectivity index (χ3n) is 6.09. The van der Waals surface area contributed by atoms with E-state index < -0.39 is 0 Å². The predicted octanol–water partition coefficient (Wildman–Crippen LogP) is 3.30. The fourth-order valence-corrected chi connectivity index (χ4v) is 4.32. The molecule has 1 saturated carbocycles. The number of hydrogen-bond donors (Lipinski definition) is 1. The zero-order chi connectivity index (χ0) is 18.5. The summed E-state index contributed by atoms with van der Waals surface area (Å²) in [4.78, 5) is 15.6. The van der Waals surface area contributed by atoms with Gasteiger partial charge in [-0.25, -0.2) is 0 Å². The van der Waals surface area contributed by atoms with E-state index in [1.807, 2.05) is 24.3 Å². The molecule has 0 bridgehead atoms. The van der Waals surface area contributed by atoms with Gasteiger partial charge in [-0.15, -0.1) is 0 Å². The highest BCUT2D eigenvalue weighted by molar-refractivity contribution is 5.89. The zero-order valence-corrected chi connectivity index (χ0v) is 15.8. The Bertz CT molecular complexity index is 737. The van der Waals surface area contributed by atoms with Crippen molar-refractivity contribution >= 4 is 5.91 Å². The molecule has 2 aromatic rings. The summed E-state index contributed by atoms with van der Waals surface area (Å²) < 4.78 is 5.52. The number of nitrogens with zero attached hydrogens (tertiary/aromatic N) is 1. The maximum Gasteiger partial charge on any atom is 0.230 e. The Kier molecular flexibility index (Phi) is 5.55. The zero-order valence-electron chi connectivity index (χ0n) is 15.8. The first kappa shape index (κ1) is 18.2. The maximum atomic E-state index is 13.2. The van der Waals surface area contributed by atoms with Crippen LogP contribution in [0.3, 0.4) is 0 Å². The summed E-state index contributed by atoms with van der Waals surface area (Å²) in [5, 5.41) is 3.30. The lowest BCUT2D eigenvalue weighted by Gasteiger charge is -2.42. The van der Waals surface area contributed by atoms with Crippen molar-refractivity contribution in [1.29, 1.82) is 0 Å². The molecular weight excluding hydrogens is 336 g/mol. The van der Waals surface area contributed by atoms with Crippen molar-refractivity contribution in [2.24, 2.45) is 0 Å². The maximum absolute atomic E-state index is 13.2. The van der Waals surface area contributed by atoms with Crippen molar-refractivity contribution in [3.8, 4) is 0 Å². The molecule has 0 spiro atoms. The van der Waals surface area contributed by atoms with Crippen molar-refractivity contribution in [2.45, 2.75) is 30.7 Å².